The molecule has 8 heteroatoms. The summed E-state index contributed by atoms with van der Waals surface area (Å²) >= 11 is 5.75. The molecule has 1 aliphatic carbocycles. The summed E-state index contributed by atoms with van der Waals surface area (Å²) in [6, 6.07) is 11.8. The quantitative estimate of drug-likeness (QED) is 0.880. The number of hydrogen-bond acceptors (Lipinski definition) is 4. The number of carbonyl (C=O) groups is 1. The van der Waals surface area contributed by atoms with Crippen molar-refractivity contribution in [1.82, 2.24) is 0 Å². The minimum Gasteiger partial charge on any atom is -0.480 e. The van der Waals surface area contributed by atoms with Crippen LogP contribution in [0.3, 0.4) is 0 Å². The number of rotatable bonds is 4. The fraction of sp³-hybridized carbons (Fsp3) is 0.176. The van der Waals surface area contributed by atoms with Gasteiger partial charge in [0, 0.05) is 10.9 Å². The van der Waals surface area contributed by atoms with Gasteiger partial charge in [-0.3, -0.25) is 4.79 Å². The van der Waals surface area contributed by atoms with Gasteiger partial charge in [0.2, 0.25) is 0 Å². The molecule has 0 aliphatic heterocycles. The van der Waals surface area contributed by atoms with Crippen molar-refractivity contribution in [2.45, 2.75) is 16.1 Å². The Bertz CT molecular complexity index is 1000. The second-order valence-electron chi connectivity index (χ2n) is 5.74. The highest BCUT2D eigenvalue weighted by molar-refractivity contribution is 7.92. The second kappa shape index (κ2) is 5.83. The number of halogens is 2. The summed E-state index contributed by atoms with van der Waals surface area (Å²) < 4.78 is 39.3. The van der Waals surface area contributed by atoms with E-state index in [4.69, 9.17) is 11.6 Å². The van der Waals surface area contributed by atoms with Gasteiger partial charge >= 0.3 is 5.97 Å². The third kappa shape index (κ3) is 2.58. The molecule has 1 N–H and O–H groups in total. The highest BCUT2D eigenvalue weighted by Gasteiger charge is 2.77. The molecule has 2 aromatic carbocycles. The Kier molecular flexibility index (Phi) is 4.06. The van der Waals surface area contributed by atoms with Gasteiger partial charge in [-0.15, -0.1) is 0 Å². The van der Waals surface area contributed by atoms with Crippen molar-refractivity contribution < 1.29 is 22.7 Å². The topological polar surface area (TPSA) is 95.2 Å². The number of nitriles is 1. The van der Waals surface area contributed by atoms with Gasteiger partial charge in [-0.25, -0.2) is 12.8 Å². The molecule has 0 radical (unpaired) electrons. The fourth-order valence-corrected chi connectivity index (χ4v) is 5.50. The highest BCUT2D eigenvalue weighted by Crippen LogP contribution is 2.64. The molecule has 1 aliphatic rings. The van der Waals surface area contributed by atoms with E-state index in [1.54, 1.807) is 6.07 Å². The van der Waals surface area contributed by atoms with E-state index in [1.165, 1.54) is 36.4 Å². The van der Waals surface area contributed by atoms with Gasteiger partial charge in [-0.2, -0.15) is 5.26 Å². The van der Waals surface area contributed by atoms with Crippen LogP contribution in [0.1, 0.15) is 11.5 Å². The number of hydrogen-bond donors (Lipinski definition) is 1. The van der Waals surface area contributed by atoms with Crippen LogP contribution in [0.2, 0.25) is 5.02 Å². The molecule has 128 valence electrons. The molecular weight excluding hydrogens is 369 g/mol. The Labute approximate surface area is 148 Å². The summed E-state index contributed by atoms with van der Waals surface area (Å²) in [5, 5.41) is 17.8. The van der Waals surface area contributed by atoms with Crippen molar-refractivity contribution in [3.8, 4) is 6.07 Å². The van der Waals surface area contributed by atoms with Crippen molar-refractivity contribution in [2.24, 2.45) is 5.41 Å². The first-order valence-corrected chi connectivity index (χ1v) is 9.07. The molecule has 0 aromatic heterocycles. The number of aliphatic carboxylic acids is 1. The average molecular weight is 380 g/mol. The normalized spacial score (nSPS) is 25.2. The third-order valence-electron chi connectivity index (χ3n) is 4.36. The zero-order valence-corrected chi connectivity index (χ0v) is 14.1. The van der Waals surface area contributed by atoms with E-state index in [-0.39, 0.29) is 10.5 Å². The highest BCUT2D eigenvalue weighted by atomic mass is 35.5. The average Bonchev–Trinajstić information content (AvgIpc) is 3.27. The molecule has 0 spiro atoms. The van der Waals surface area contributed by atoms with Crippen molar-refractivity contribution in [3.05, 3.63) is 64.9 Å². The molecule has 0 unspecified atom stereocenters. The number of nitrogens with zero attached hydrogens (tertiary/aromatic N) is 1. The summed E-state index contributed by atoms with van der Waals surface area (Å²) in [6.45, 7) is 0. The summed E-state index contributed by atoms with van der Waals surface area (Å²) in [4.78, 5) is 11.6. The Morgan fingerprint density at radius 1 is 1.24 bits per heavy atom. The third-order valence-corrected chi connectivity index (χ3v) is 6.85. The molecule has 1 saturated carbocycles. The summed E-state index contributed by atoms with van der Waals surface area (Å²) in [5.41, 5.74) is -2.00. The Morgan fingerprint density at radius 2 is 1.88 bits per heavy atom. The lowest BCUT2D eigenvalue weighted by molar-refractivity contribution is -0.141. The first-order chi connectivity index (χ1) is 11.7. The zero-order valence-electron chi connectivity index (χ0n) is 12.6. The first-order valence-electron chi connectivity index (χ1n) is 7.14. The van der Waals surface area contributed by atoms with Gasteiger partial charge in [0.25, 0.3) is 0 Å². The van der Waals surface area contributed by atoms with E-state index >= 15 is 0 Å². The van der Waals surface area contributed by atoms with Crippen LogP contribution < -0.4 is 0 Å². The van der Waals surface area contributed by atoms with E-state index in [0.29, 0.717) is 5.02 Å². The molecule has 3 atom stereocenters. The van der Waals surface area contributed by atoms with Crippen LogP contribution in [0.15, 0.2) is 53.4 Å². The number of sulfone groups is 1. The second-order valence-corrected chi connectivity index (χ2v) is 8.24. The largest absolute Gasteiger partial charge is 0.480 e. The first kappa shape index (κ1) is 17.4. The van der Waals surface area contributed by atoms with Gasteiger partial charge in [0.1, 0.15) is 11.1 Å². The lowest BCUT2D eigenvalue weighted by Gasteiger charge is -2.05. The van der Waals surface area contributed by atoms with Crippen molar-refractivity contribution in [2.75, 3.05) is 0 Å². The molecule has 0 saturated heterocycles. The van der Waals surface area contributed by atoms with E-state index in [0.717, 1.165) is 12.1 Å². The molecule has 25 heavy (non-hydrogen) atoms. The maximum Gasteiger partial charge on any atom is 0.326 e. The molecular formula is C17H11ClFNO4S. The maximum atomic E-state index is 13.5. The molecule has 0 amide bonds. The Hall–Kier alpha value is -2.43. The smallest absolute Gasteiger partial charge is 0.326 e. The Morgan fingerprint density at radius 3 is 2.40 bits per heavy atom. The lowest BCUT2D eigenvalue weighted by Crippen LogP contribution is -2.22. The minimum atomic E-state index is -4.14. The molecule has 0 bridgehead atoms. The minimum absolute atomic E-state index is 0.137. The van der Waals surface area contributed by atoms with Gasteiger partial charge < -0.3 is 5.11 Å². The molecule has 2 aromatic rings. The van der Waals surface area contributed by atoms with Crippen molar-refractivity contribution in [3.63, 3.8) is 0 Å². The van der Waals surface area contributed by atoms with E-state index in [1.807, 2.05) is 0 Å². The van der Waals surface area contributed by atoms with Gasteiger partial charge in [-0.1, -0.05) is 23.7 Å². The van der Waals surface area contributed by atoms with Crippen LogP contribution in [-0.2, 0) is 14.6 Å². The monoisotopic (exact) mass is 379 g/mol. The van der Waals surface area contributed by atoms with Gasteiger partial charge in [-0.05, 0) is 42.0 Å². The van der Waals surface area contributed by atoms with Crippen LogP contribution in [0.5, 0.6) is 0 Å². The van der Waals surface area contributed by atoms with Crippen molar-refractivity contribution in [1.29, 1.82) is 5.26 Å². The number of benzene rings is 2. The summed E-state index contributed by atoms with van der Waals surface area (Å²) in [5.74, 6) is -3.34. The van der Waals surface area contributed by atoms with E-state index < -0.39 is 38.2 Å². The Balaban J connectivity index is 2.14. The molecule has 0 heterocycles. The lowest BCUT2D eigenvalue weighted by atomic mass is 10.0. The zero-order chi connectivity index (χ0) is 18.4. The van der Waals surface area contributed by atoms with Crippen LogP contribution in [0.25, 0.3) is 0 Å². The maximum absolute atomic E-state index is 13.5. The SMILES string of the molecule is N#C[C@]1(C(=O)O)[C@H](c2cccc(F)c2)[C@@H]1S(=O)(=O)c1ccc(Cl)cc1. The predicted octanol–water partition coefficient (Wildman–Crippen LogP) is 3.01. The van der Waals surface area contributed by atoms with E-state index in [9.17, 15) is 28.0 Å². The van der Waals surface area contributed by atoms with Gasteiger partial charge in [0.05, 0.1) is 11.0 Å². The van der Waals surface area contributed by atoms with Crippen molar-refractivity contribution >= 4 is 27.4 Å². The van der Waals surface area contributed by atoms with Gasteiger partial charge in [0.15, 0.2) is 15.3 Å². The summed E-state index contributed by atoms with van der Waals surface area (Å²) in [7, 11) is -4.14. The number of carboxylic acid groups (broad SMARTS) is 1. The standard InChI is InChI=1S/C17H11ClFNO4S/c18-11-4-6-13(7-5-11)25(23,24)15-14(17(15,9-20)16(21)22)10-2-1-3-12(19)8-10/h1-8,14-15H,(H,21,22)/t14-,15+,17+/m1/s1. The molecule has 1 fully saturated rings. The van der Waals surface area contributed by atoms with Crippen LogP contribution in [0, 0.1) is 22.6 Å². The molecule has 3 rings (SSSR count). The fourth-order valence-electron chi connectivity index (χ4n) is 3.12. The van der Waals surface area contributed by atoms with Crippen LogP contribution in [0.4, 0.5) is 4.39 Å². The van der Waals surface area contributed by atoms with Crippen LogP contribution in [-0.4, -0.2) is 24.7 Å². The van der Waals surface area contributed by atoms with E-state index in [2.05, 4.69) is 0 Å². The molecule has 5 nitrogen and oxygen atoms in total. The summed E-state index contributed by atoms with van der Waals surface area (Å²) in [6.07, 6.45) is 0. The number of carboxylic acids is 1. The predicted molar refractivity (Wildman–Crippen MR) is 87.2 cm³/mol. The van der Waals surface area contributed by atoms with Crippen LogP contribution >= 0.6 is 11.6 Å².